The van der Waals surface area contributed by atoms with Gasteiger partial charge in [-0.15, -0.1) is 0 Å². The zero-order chi connectivity index (χ0) is 33.6. The third-order valence-electron chi connectivity index (χ3n) is 6.15. The second-order valence-electron chi connectivity index (χ2n) is 9.15. The Morgan fingerprint density at radius 3 is 1.20 bits per heavy atom. The standard InChI is InChI=1S/C30H38O16/c1-35-23-17-13-15-21(25(23)37-3)27(31)41-45-43-29(33)39-19-11-9-7-5-6-8-10-12-20-40-30(34)44-46-42-28(32)22-16-14-18-24(36-2)26(22)38-4/h13-18H,5-12,19-20H2,1-4H3. The van der Waals surface area contributed by atoms with E-state index in [1.807, 2.05) is 0 Å². The first-order valence-electron chi connectivity index (χ1n) is 14.2. The van der Waals surface area contributed by atoms with Crippen molar-refractivity contribution in [1.82, 2.24) is 0 Å². The van der Waals surface area contributed by atoms with Gasteiger partial charge in [-0.1, -0.05) is 50.7 Å². The maximum Gasteiger partial charge on any atom is 0.543 e. The normalized spacial score (nSPS) is 10.3. The molecule has 2 aromatic carbocycles. The maximum absolute atomic E-state index is 12.1. The SMILES string of the molecule is COc1cccc(C(=O)OOOC(=O)OCCCCCCCCCCOC(=O)OOOC(=O)c2cccc(OC)c2OC)c1OC. The van der Waals surface area contributed by atoms with Gasteiger partial charge < -0.3 is 28.4 Å². The van der Waals surface area contributed by atoms with E-state index in [0.29, 0.717) is 24.3 Å². The first kappa shape index (κ1) is 37.2. The second-order valence-corrected chi connectivity index (χ2v) is 9.15. The summed E-state index contributed by atoms with van der Waals surface area (Å²) >= 11 is 0. The average molecular weight is 655 g/mol. The number of unbranched alkanes of at least 4 members (excludes halogenated alkanes) is 7. The molecule has 0 atom stereocenters. The number of methoxy groups -OCH3 is 4. The van der Waals surface area contributed by atoms with Gasteiger partial charge in [-0.25, -0.2) is 29.0 Å². The van der Waals surface area contributed by atoms with Crippen molar-refractivity contribution < 1.29 is 77.2 Å². The number of hydrogen-bond acceptors (Lipinski definition) is 16. The molecule has 0 bridgehead atoms. The number of para-hydroxylation sites is 2. The Balaban J connectivity index is 1.42. The summed E-state index contributed by atoms with van der Waals surface area (Å²) in [7, 11) is 5.54. The minimum Gasteiger partial charge on any atom is -0.493 e. The van der Waals surface area contributed by atoms with E-state index in [-0.39, 0.29) is 35.8 Å². The molecule has 2 aromatic rings. The number of benzene rings is 2. The molecule has 0 radical (unpaired) electrons. The maximum atomic E-state index is 12.1. The molecule has 0 fully saturated rings. The molecule has 0 saturated carbocycles. The summed E-state index contributed by atoms with van der Waals surface area (Å²) in [6, 6.07) is 9.13. The molecule has 2 rings (SSSR count). The van der Waals surface area contributed by atoms with E-state index >= 15 is 0 Å². The van der Waals surface area contributed by atoms with Gasteiger partial charge in [-0.3, -0.25) is 9.78 Å². The number of rotatable bonds is 21. The lowest BCUT2D eigenvalue weighted by atomic mass is 10.1. The van der Waals surface area contributed by atoms with Crippen molar-refractivity contribution in [2.45, 2.75) is 51.4 Å². The highest BCUT2D eigenvalue weighted by Gasteiger charge is 2.21. The summed E-state index contributed by atoms with van der Waals surface area (Å²) in [5.74, 6) is -1.03. The predicted octanol–water partition coefficient (Wildman–Crippen LogP) is 5.86. The van der Waals surface area contributed by atoms with E-state index in [9.17, 15) is 19.2 Å². The molecule has 16 heteroatoms. The summed E-state index contributed by atoms with van der Waals surface area (Å²) in [5.41, 5.74) is 0.0137. The molecule has 0 aliphatic heterocycles. The van der Waals surface area contributed by atoms with Gasteiger partial charge in [0.2, 0.25) is 0 Å². The molecule has 0 aliphatic carbocycles. The second kappa shape index (κ2) is 21.7. The zero-order valence-corrected chi connectivity index (χ0v) is 26.1. The fourth-order valence-electron chi connectivity index (χ4n) is 3.96. The topological polar surface area (TPSA) is 179 Å². The number of hydrogen-bond donors (Lipinski definition) is 0. The van der Waals surface area contributed by atoms with Crippen molar-refractivity contribution in [3.63, 3.8) is 0 Å². The fraction of sp³-hybridized carbons (Fsp3) is 0.467. The molecule has 0 heterocycles. The van der Waals surface area contributed by atoms with Crippen LogP contribution in [0.1, 0.15) is 72.1 Å². The average Bonchev–Trinajstić information content (AvgIpc) is 3.07. The van der Waals surface area contributed by atoms with Gasteiger partial charge in [0.25, 0.3) is 0 Å². The number of carbonyl (C=O) groups excluding carboxylic acids is 4. The highest BCUT2D eigenvalue weighted by atomic mass is 17.5. The lowest BCUT2D eigenvalue weighted by Crippen LogP contribution is -2.13. The molecule has 16 nitrogen and oxygen atoms in total. The van der Waals surface area contributed by atoms with Crippen molar-refractivity contribution in [2.75, 3.05) is 41.7 Å². The smallest absolute Gasteiger partial charge is 0.493 e. The largest absolute Gasteiger partial charge is 0.543 e. The summed E-state index contributed by atoms with van der Waals surface area (Å²) in [6.45, 7) is 0.205. The van der Waals surface area contributed by atoms with Crippen LogP contribution in [-0.2, 0) is 39.1 Å². The van der Waals surface area contributed by atoms with Crippen LogP contribution in [-0.4, -0.2) is 65.9 Å². The summed E-state index contributed by atoms with van der Waals surface area (Å²) in [6.07, 6.45) is 4.34. The van der Waals surface area contributed by atoms with Crippen molar-refractivity contribution in [1.29, 1.82) is 0 Å². The predicted molar refractivity (Wildman–Crippen MR) is 154 cm³/mol. The molecule has 0 aromatic heterocycles. The Kier molecular flexibility index (Phi) is 17.6. The van der Waals surface area contributed by atoms with Gasteiger partial charge >= 0.3 is 24.2 Å². The van der Waals surface area contributed by atoms with Crippen LogP contribution in [0.25, 0.3) is 0 Å². The van der Waals surface area contributed by atoms with E-state index in [0.717, 1.165) is 38.5 Å². The highest BCUT2D eigenvalue weighted by molar-refractivity contribution is 5.93. The van der Waals surface area contributed by atoms with Crippen LogP contribution < -0.4 is 18.9 Å². The van der Waals surface area contributed by atoms with Crippen LogP contribution in [0, 0.1) is 0 Å². The first-order chi connectivity index (χ1) is 22.4. The van der Waals surface area contributed by atoms with E-state index < -0.39 is 24.2 Å². The minimum atomic E-state index is -1.15. The Hall–Kier alpha value is -4.96. The van der Waals surface area contributed by atoms with Gasteiger partial charge in [-0.2, -0.15) is 0 Å². The van der Waals surface area contributed by atoms with Crippen LogP contribution in [0.4, 0.5) is 9.59 Å². The van der Waals surface area contributed by atoms with Crippen LogP contribution in [0.5, 0.6) is 23.0 Å². The molecule has 254 valence electrons. The highest BCUT2D eigenvalue weighted by Crippen LogP contribution is 2.32. The third kappa shape index (κ3) is 13.0. The summed E-state index contributed by atoms with van der Waals surface area (Å²) in [5, 5.41) is 8.43. The molecule has 0 saturated heterocycles. The van der Waals surface area contributed by atoms with Crippen LogP contribution in [0.3, 0.4) is 0 Å². The molecular weight excluding hydrogens is 616 g/mol. The monoisotopic (exact) mass is 654 g/mol. The fourth-order valence-corrected chi connectivity index (χ4v) is 3.96. The molecular formula is C30H38O16. The zero-order valence-electron chi connectivity index (χ0n) is 26.1. The molecule has 0 aliphatic rings. The lowest BCUT2D eigenvalue weighted by molar-refractivity contribution is -0.452. The van der Waals surface area contributed by atoms with Gasteiger partial charge in [0.15, 0.2) is 23.0 Å². The summed E-state index contributed by atoms with van der Waals surface area (Å²) < 4.78 is 30.2. The van der Waals surface area contributed by atoms with Crippen molar-refractivity contribution >= 4 is 24.2 Å². The van der Waals surface area contributed by atoms with Crippen molar-refractivity contribution in [2.24, 2.45) is 0 Å². The van der Waals surface area contributed by atoms with Gasteiger partial charge in [0.1, 0.15) is 11.1 Å². The Morgan fingerprint density at radius 2 is 0.848 bits per heavy atom. The van der Waals surface area contributed by atoms with E-state index in [2.05, 4.69) is 29.6 Å². The molecule has 0 unspecified atom stereocenters. The van der Waals surface area contributed by atoms with E-state index in [1.54, 1.807) is 24.3 Å². The molecule has 0 N–H and O–H groups in total. The van der Waals surface area contributed by atoms with Crippen LogP contribution in [0.15, 0.2) is 36.4 Å². The van der Waals surface area contributed by atoms with Crippen LogP contribution >= 0.6 is 0 Å². The van der Waals surface area contributed by atoms with Crippen molar-refractivity contribution in [3.8, 4) is 23.0 Å². The van der Waals surface area contributed by atoms with E-state index in [1.165, 1.54) is 40.6 Å². The van der Waals surface area contributed by atoms with Crippen LogP contribution in [0.2, 0.25) is 0 Å². The van der Waals surface area contributed by atoms with Gasteiger partial charge in [-0.05, 0) is 37.1 Å². The van der Waals surface area contributed by atoms with Crippen molar-refractivity contribution in [3.05, 3.63) is 47.5 Å². The van der Waals surface area contributed by atoms with E-state index in [4.69, 9.17) is 28.4 Å². The Labute approximate surface area is 265 Å². The molecule has 46 heavy (non-hydrogen) atoms. The number of carbonyl (C=O) groups is 4. The Morgan fingerprint density at radius 1 is 0.478 bits per heavy atom. The molecule has 0 amide bonds. The van der Waals surface area contributed by atoms with Gasteiger partial charge in [0.05, 0.1) is 51.7 Å². The third-order valence-corrected chi connectivity index (χ3v) is 6.15. The first-order valence-corrected chi connectivity index (χ1v) is 14.2. The van der Waals surface area contributed by atoms with Gasteiger partial charge in [0, 0.05) is 0 Å². The lowest BCUT2D eigenvalue weighted by Gasteiger charge is -2.10. The number of ether oxygens (including phenoxy) is 6. The quantitative estimate of drug-likeness (QED) is 0.0676. The summed E-state index contributed by atoms with van der Waals surface area (Å²) in [4.78, 5) is 64.9. The minimum absolute atomic E-state index is 0.00683. The Bertz CT molecular complexity index is 1150. The molecule has 0 spiro atoms.